The van der Waals surface area contributed by atoms with Gasteiger partial charge in [0.2, 0.25) is 0 Å². The first-order valence-electron chi connectivity index (χ1n) is 2.12. The molecule has 0 saturated carbocycles. The summed E-state index contributed by atoms with van der Waals surface area (Å²) in [5.74, 6) is -0.125. The van der Waals surface area contributed by atoms with Crippen LogP contribution in [0.5, 0.6) is 0 Å². The molecule has 2 nitrogen and oxygen atoms in total. The molecular formula is C5H8O2Zn+2. The van der Waals surface area contributed by atoms with Gasteiger partial charge >= 0.3 is 19.5 Å². The van der Waals surface area contributed by atoms with E-state index in [2.05, 4.69) is 0 Å². The average molecular weight is 166 g/mol. The molecule has 0 N–H and O–H groups in total. The van der Waals surface area contributed by atoms with E-state index in [1.54, 1.807) is 0 Å². The van der Waals surface area contributed by atoms with E-state index in [0.29, 0.717) is 0 Å². The fraction of sp³-hybridized carbons (Fsp3) is 0.600. The maximum absolute atomic E-state index is 10.0. The third-order valence-corrected chi connectivity index (χ3v) is 0.498. The Balaban J connectivity index is 0. The van der Waals surface area contributed by atoms with Crippen molar-refractivity contribution in [2.45, 2.75) is 20.3 Å². The predicted molar refractivity (Wildman–Crippen MR) is 26.0 cm³/mol. The van der Waals surface area contributed by atoms with Crippen molar-refractivity contribution in [3.63, 3.8) is 0 Å². The van der Waals surface area contributed by atoms with Gasteiger partial charge in [-0.3, -0.25) is 9.59 Å². The van der Waals surface area contributed by atoms with E-state index in [0.717, 1.165) is 0 Å². The molecule has 3 heteroatoms. The van der Waals surface area contributed by atoms with Gasteiger partial charge in [-0.1, -0.05) is 0 Å². The van der Waals surface area contributed by atoms with Gasteiger partial charge in [0.1, 0.15) is 11.6 Å². The third-order valence-electron chi connectivity index (χ3n) is 0.498. The Kier molecular flexibility index (Phi) is 6.93. The Morgan fingerprint density at radius 3 is 1.38 bits per heavy atom. The second-order valence-corrected chi connectivity index (χ2v) is 1.58. The molecule has 0 spiro atoms. The van der Waals surface area contributed by atoms with E-state index in [4.69, 9.17) is 0 Å². The summed E-state index contributed by atoms with van der Waals surface area (Å²) < 4.78 is 0. The van der Waals surface area contributed by atoms with Crippen molar-refractivity contribution in [1.29, 1.82) is 0 Å². The molecular weight excluding hydrogens is 157 g/mol. The first kappa shape index (κ1) is 10.9. The normalized spacial score (nSPS) is 7.25. The van der Waals surface area contributed by atoms with Crippen LogP contribution in [0.4, 0.5) is 0 Å². The molecule has 0 amide bonds. The zero-order valence-electron chi connectivity index (χ0n) is 5.23. The van der Waals surface area contributed by atoms with Crippen LogP contribution in [0, 0.1) is 0 Å². The van der Waals surface area contributed by atoms with Gasteiger partial charge in [-0.15, -0.1) is 0 Å². The smallest absolute Gasteiger partial charge is 0.300 e. The molecule has 0 aliphatic carbocycles. The molecule has 0 rings (SSSR count). The Hall–Kier alpha value is -0.0366. The fourth-order valence-electron chi connectivity index (χ4n) is 0.351. The van der Waals surface area contributed by atoms with Gasteiger partial charge in [-0.05, 0) is 13.8 Å². The van der Waals surface area contributed by atoms with Gasteiger partial charge in [0.15, 0.2) is 0 Å². The van der Waals surface area contributed by atoms with E-state index in [1.807, 2.05) is 0 Å². The van der Waals surface area contributed by atoms with Crippen molar-refractivity contribution >= 4 is 11.6 Å². The molecule has 0 fully saturated rings. The fourth-order valence-corrected chi connectivity index (χ4v) is 0.351. The summed E-state index contributed by atoms with van der Waals surface area (Å²) in [7, 11) is 0. The van der Waals surface area contributed by atoms with Gasteiger partial charge < -0.3 is 0 Å². The van der Waals surface area contributed by atoms with Gasteiger partial charge in [-0.25, -0.2) is 0 Å². The predicted octanol–water partition coefficient (Wildman–Crippen LogP) is 0.552. The van der Waals surface area contributed by atoms with Crippen molar-refractivity contribution in [2.24, 2.45) is 0 Å². The molecule has 0 bridgehead atoms. The molecule has 0 unspecified atom stereocenters. The van der Waals surface area contributed by atoms with Crippen LogP contribution in [-0.2, 0) is 29.1 Å². The van der Waals surface area contributed by atoms with Crippen LogP contribution in [0.15, 0.2) is 0 Å². The quantitative estimate of drug-likeness (QED) is 0.442. The van der Waals surface area contributed by atoms with Crippen LogP contribution < -0.4 is 0 Å². The largest absolute Gasteiger partial charge is 2.00 e. The van der Waals surface area contributed by atoms with Crippen LogP contribution in [0.25, 0.3) is 0 Å². The second-order valence-electron chi connectivity index (χ2n) is 1.58. The van der Waals surface area contributed by atoms with E-state index >= 15 is 0 Å². The zero-order chi connectivity index (χ0) is 5.86. The molecule has 0 aliphatic rings. The average Bonchev–Trinajstić information content (AvgIpc) is 1.27. The third kappa shape index (κ3) is 9.35. The molecule has 0 aliphatic heterocycles. The minimum Gasteiger partial charge on any atom is -0.300 e. The van der Waals surface area contributed by atoms with Crippen molar-refractivity contribution in [1.82, 2.24) is 0 Å². The summed E-state index contributed by atoms with van der Waals surface area (Å²) in [5, 5.41) is 0. The van der Waals surface area contributed by atoms with Gasteiger partial charge in [-0.2, -0.15) is 0 Å². The Morgan fingerprint density at radius 1 is 1.12 bits per heavy atom. The second kappa shape index (κ2) is 5.11. The van der Waals surface area contributed by atoms with Crippen molar-refractivity contribution in [2.75, 3.05) is 0 Å². The maximum Gasteiger partial charge on any atom is 2.00 e. The summed E-state index contributed by atoms with van der Waals surface area (Å²) in [6, 6.07) is 0. The number of rotatable bonds is 2. The number of carbonyl (C=O) groups is 2. The Morgan fingerprint density at radius 2 is 1.38 bits per heavy atom. The van der Waals surface area contributed by atoms with Crippen LogP contribution >= 0.6 is 0 Å². The monoisotopic (exact) mass is 164 g/mol. The van der Waals surface area contributed by atoms with E-state index in [-0.39, 0.29) is 37.5 Å². The van der Waals surface area contributed by atoms with Crippen molar-refractivity contribution in [3.8, 4) is 0 Å². The van der Waals surface area contributed by atoms with Crippen LogP contribution in [0.3, 0.4) is 0 Å². The first-order valence-corrected chi connectivity index (χ1v) is 2.12. The standard InChI is InChI=1S/C5H8O2.Zn/c1-4(6)3-5(2)7;/h3H2,1-2H3;/q;+2. The molecule has 40 valence electrons. The summed E-state index contributed by atoms with van der Waals surface area (Å²) in [5.41, 5.74) is 0. The van der Waals surface area contributed by atoms with Crippen LogP contribution in [0.1, 0.15) is 20.3 Å². The molecule has 0 radical (unpaired) electrons. The minimum atomic E-state index is -0.0625. The van der Waals surface area contributed by atoms with Crippen molar-refractivity contribution < 1.29 is 29.1 Å². The molecule has 0 atom stereocenters. The summed E-state index contributed by atoms with van der Waals surface area (Å²) >= 11 is 0. The number of hydrogen-bond donors (Lipinski definition) is 0. The maximum atomic E-state index is 10.0. The van der Waals surface area contributed by atoms with Gasteiger partial charge in [0.05, 0.1) is 6.42 Å². The molecule has 0 saturated heterocycles. The minimum absolute atomic E-state index is 0. The Bertz CT molecular complexity index is 86.6. The zero-order valence-corrected chi connectivity index (χ0v) is 8.20. The topological polar surface area (TPSA) is 34.1 Å². The van der Waals surface area contributed by atoms with E-state index in [1.165, 1.54) is 13.8 Å². The summed E-state index contributed by atoms with van der Waals surface area (Å²) in [6.45, 7) is 2.81. The van der Waals surface area contributed by atoms with Crippen LogP contribution in [-0.4, -0.2) is 11.6 Å². The first-order chi connectivity index (χ1) is 3.13. The molecule has 0 aromatic rings. The van der Waals surface area contributed by atoms with E-state index in [9.17, 15) is 9.59 Å². The van der Waals surface area contributed by atoms with Crippen molar-refractivity contribution in [3.05, 3.63) is 0 Å². The molecule has 0 aromatic carbocycles. The molecule has 0 aromatic heterocycles. The van der Waals surface area contributed by atoms with Gasteiger partial charge in [0.25, 0.3) is 0 Å². The molecule has 8 heavy (non-hydrogen) atoms. The Labute approximate surface area is 61.4 Å². The number of Topliss-reactive ketones (excluding diaryl/α,β-unsaturated/α-hetero) is 2. The molecule has 0 heterocycles. The number of ketones is 2. The summed E-state index contributed by atoms with van der Waals surface area (Å²) in [4.78, 5) is 20.1. The number of carbonyl (C=O) groups excluding carboxylic acids is 2. The van der Waals surface area contributed by atoms with E-state index < -0.39 is 0 Å². The van der Waals surface area contributed by atoms with Crippen LogP contribution in [0.2, 0.25) is 0 Å². The summed E-state index contributed by atoms with van der Waals surface area (Å²) in [6.07, 6.45) is 0.0833. The SMILES string of the molecule is CC(=O)CC(C)=O.[Zn+2]. The van der Waals surface area contributed by atoms with Gasteiger partial charge in [0, 0.05) is 0 Å². The number of hydrogen-bond acceptors (Lipinski definition) is 2.